The van der Waals surface area contributed by atoms with Gasteiger partial charge >= 0.3 is 174 Å². The van der Waals surface area contributed by atoms with Crippen molar-refractivity contribution in [3.63, 3.8) is 0 Å². The van der Waals surface area contributed by atoms with Gasteiger partial charge in [-0.3, -0.25) is 18.8 Å². The number of rotatable bonds is 18. The quantitative estimate of drug-likeness (QED) is 0.0183. The SMILES string of the molecule is CC(CC(=O)OCCl)NC(=O)OC(C)(C)C.CC(CC(=O)OCOC(=O)/C=C/c1ccc(Cn2ccnc2)cc1)NC(=O)OC(C)(C)C.Cl.O=C(O)/C=C/c1ccc(Cn2ccnc2)cc1.O=CO[O-].[2H]CF.[Cs+].[Cs+].[H-]. The Morgan fingerprint density at radius 1 is 0.757 bits per heavy atom. The van der Waals surface area contributed by atoms with Gasteiger partial charge < -0.3 is 60.1 Å². The minimum absolute atomic E-state index is 0. The fourth-order valence-corrected chi connectivity index (χ4v) is 5.10. The third kappa shape index (κ3) is 44.0. The van der Waals surface area contributed by atoms with E-state index in [1.807, 2.05) is 70.1 Å². The number of esters is 3. The summed E-state index contributed by atoms with van der Waals surface area (Å²) in [5.41, 5.74) is 2.77. The van der Waals surface area contributed by atoms with Gasteiger partial charge in [-0.05, 0) is 89.8 Å². The van der Waals surface area contributed by atoms with Crippen LogP contribution in [0.2, 0.25) is 0 Å². The van der Waals surface area contributed by atoms with Gasteiger partial charge in [0.05, 0.1) is 34.0 Å². The van der Waals surface area contributed by atoms with Crippen molar-refractivity contribution >= 4 is 78.7 Å². The maximum Gasteiger partial charge on any atom is 1.00 e. The van der Waals surface area contributed by atoms with Crippen LogP contribution in [0.3, 0.4) is 0 Å². The number of imidazole rings is 2. The summed E-state index contributed by atoms with van der Waals surface area (Å²) in [4.78, 5) is 87.2. The summed E-state index contributed by atoms with van der Waals surface area (Å²) in [5.74, 6) is -2.65. The molecule has 4 rings (SSSR count). The minimum Gasteiger partial charge on any atom is -1.00 e. The Balaban J connectivity index is -0.000000325. The maximum atomic E-state index is 11.8. The van der Waals surface area contributed by atoms with E-state index in [1.165, 1.54) is 6.08 Å². The largest absolute Gasteiger partial charge is 1.00 e. The first-order valence-electron chi connectivity index (χ1n) is 21.9. The Bertz CT molecular complexity index is 2260. The van der Waals surface area contributed by atoms with Crippen LogP contribution in [-0.2, 0) is 65.6 Å². The number of carbonyl (C=O) groups is 7. The van der Waals surface area contributed by atoms with Gasteiger partial charge in [-0.15, -0.1) is 12.4 Å². The molecule has 2 heterocycles. The van der Waals surface area contributed by atoms with Crippen LogP contribution in [0.5, 0.6) is 0 Å². The van der Waals surface area contributed by atoms with Crippen molar-refractivity contribution in [1.29, 1.82) is 0 Å². The Labute approximate surface area is 562 Å². The number of halogens is 3. The number of aliphatic carboxylic acids is 1. The first kappa shape index (κ1) is 75.0. The molecule has 2 atom stereocenters. The number of carbonyl (C=O) groups excluding carboxylic acids is 6. The predicted molar refractivity (Wildman–Crippen MR) is 265 cm³/mol. The first-order valence-corrected chi connectivity index (χ1v) is 21.7. The summed E-state index contributed by atoms with van der Waals surface area (Å²) in [6.45, 7) is 14.6. The summed E-state index contributed by atoms with van der Waals surface area (Å²) in [6.07, 6.45) is 15.1. The number of alkyl halides is 2. The van der Waals surface area contributed by atoms with Gasteiger partial charge in [0.2, 0.25) is 6.79 Å². The van der Waals surface area contributed by atoms with Crippen molar-refractivity contribution < 1.29 is 217 Å². The number of nitrogens with zero attached hydrogens (tertiary/aromatic N) is 4. The second kappa shape index (κ2) is 44.9. The fraction of sp³-hybridized carbons (Fsp3) is 0.396. The normalized spacial score (nSPS) is 11.1. The Morgan fingerprint density at radius 3 is 1.46 bits per heavy atom. The van der Waals surface area contributed by atoms with Crippen LogP contribution in [0, 0.1) is 0 Å². The zero-order chi connectivity index (χ0) is 54.5. The van der Waals surface area contributed by atoms with E-state index in [0.29, 0.717) is 6.54 Å². The molecular formula is C48H65Cl2Cs2FN6O15. The van der Waals surface area contributed by atoms with Gasteiger partial charge in [0.1, 0.15) is 11.2 Å². The van der Waals surface area contributed by atoms with Gasteiger partial charge in [-0.2, -0.15) is 0 Å². The number of ether oxygens (including phenoxy) is 5. The van der Waals surface area contributed by atoms with Gasteiger partial charge in [0, 0.05) is 62.1 Å². The zero-order valence-corrected chi connectivity index (χ0v) is 57.3. The molecule has 2 unspecified atom stereocenters. The average molecular weight is 1320 g/mol. The molecule has 0 aliphatic rings. The standard InChI is InChI=1S/C23H29N3O6.C13H12N2O2.C10H18ClNO4.CH3F.CH2O3.ClH.2Cs.H/c1-17(25-22(29)32-23(2,3)4)13-21(28)31-16-30-20(27)10-9-18-5-7-19(8-6-18)14-26-12-11-24-15-26;16-13(17)6-5-11-1-3-12(4-2-11)9-15-8-7-14-10-15;1-7(5-8(13)15-6-11)12-9(14)16-10(2,3)4;1-2;2-1-4-3;;;;/h5-12,15,17H,13-14,16H2,1-4H3,(H,25,29);1-8,10H,9H2,(H,16,17);7H,5-6H2,1-4H3,(H,12,14);1H3;1,3H;1H;;;/q;;;;;;2*+1;-1/p-1/b10-9+;6-5+;;;;;;;/i;;;1D;;;;;. The molecule has 74 heavy (non-hydrogen) atoms. The van der Waals surface area contributed by atoms with Crippen molar-refractivity contribution in [3.8, 4) is 0 Å². The first-order chi connectivity index (χ1) is 33.9. The summed E-state index contributed by atoms with van der Waals surface area (Å²) < 4.78 is 43.8. The van der Waals surface area contributed by atoms with E-state index in [-0.39, 0.29) is 183 Å². The number of carboxylic acid groups (broad SMARTS) is 1. The molecule has 0 aliphatic heterocycles. The third-order valence-corrected chi connectivity index (χ3v) is 7.90. The van der Waals surface area contributed by atoms with E-state index in [4.69, 9.17) is 47.1 Å². The number of alkyl carbamates (subject to hydrolysis) is 2. The van der Waals surface area contributed by atoms with E-state index < -0.39 is 67.3 Å². The number of aromatic nitrogens is 4. The molecule has 21 nitrogen and oxygen atoms in total. The van der Waals surface area contributed by atoms with Gasteiger partial charge in [0.25, 0.3) is 6.47 Å². The minimum atomic E-state index is -1.00. The maximum absolute atomic E-state index is 11.8. The summed E-state index contributed by atoms with van der Waals surface area (Å²) in [7, 11) is -1.00. The molecule has 0 aliphatic carbocycles. The average Bonchev–Trinajstić information content (AvgIpc) is 4.00. The zero-order valence-electron chi connectivity index (χ0n) is 45.2. The summed E-state index contributed by atoms with van der Waals surface area (Å²) in [5, 5.41) is 22.0. The molecule has 0 spiro atoms. The van der Waals surface area contributed by atoms with Crippen molar-refractivity contribution in [2.45, 2.75) is 105 Å². The Hall–Kier alpha value is -3.20. The van der Waals surface area contributed by atoms with Crippen LogP contribution in [0.1, 0.15) is 93.3 Å². The van der Waals surface area contributed by atoms with Crippen LogP contribution in [-0.4, -0.2) is 110 Å². The van der Waals surface area contributed by atoms with Crippen LogP contribution in [0.4, 0.5) is 14.0 Å². The molecule has 0 saturated carbocycles. The molecule has 0 saturated heterocycles. The van der Waals surface area contributed by atoms with Crippen molar-refractivity contribution in [1.82, 2.24) is 29.7 Å². The molecule has 2 aromatic carbocycles. The predicted octanol–water partition coefficient (Wildman–Crippen LogP) is 0.913. The van der Waals surface area contributed by atoms with Crippen molar-refractivity contribution in [2.24, 2.45) is 0 Å². The smallest absolute Gasteiger partial charge is 1.00 e. The molecule has 3 N–H and O–H groups in total. The van der Waals surface area contributed by atoms with E-state index in [2.05, 4.69) is 30.2 Å². The van der Waals surface area contributed by atoms with Gasteiger partial charge in [-0.1, -0.05) is 60.1 Å². The Morgan fingerprint density at radius 2 is 1.14 bits per heavy atom. The molecule has 400 valence electrons. The van der Waals surface area contributed by atoms with E-state index in [1.54, 1.807) is 92.6 Å². The van der Waals surface area contributed by atoms with E-state index >= 15 is 0 Å². The van der Waals surface area contributed by atoms with Crippen LogP contribution in [0.15, 0.2) is 98.1 Å². The molecule has 2 amide bonds. The number of hydrogen-bond donors (Lipinski definition) is 3. The number of nitrogens with one attached hydrogen (secondary N) is 2. The summed E-state index contributed by atoms with van der Waals surface area (Å²) in [6, 6.07) is 14.4. The number of carboxylic acids is 1. The van der Waals surface area contributed by atoms with Gasteiger partial charge in [-0.25, -0.2) is 29.1 Å². The second-order valence-corrected chi connectivity index (χ2v) is 16.6. The molecule has 0 bridgehead atoms. The number of amides is 2. The Kier molecular flexibility index (Phi) is 45.5. The monoisotopic (exact) mass is 1320 g/mol. The second-order valence-electron chi connectivity index (χ2n) is 16.4. The summed E-state index contributed by atoms with van der Waals surface area (Å²) >= 11 is 5.22. The molecule has 0 radical (unpaired) electrons. The van der Waals surface area contributed by atoms with Gasteiger partial charge in [0.15, 0.2) is 6.07 Å². The molecule has 4 aromatic rings. The van der Waals surface area contributed by atoms with Crippen LogP contribution >= 0.6 is 24.0 Å². The molecule has 2 aromatic heterocycles. The number of benzene rings is 2. The van der Waals surface area contributed by atoms with E-state index in [0.717, 1.165) is 34.9 Å². The number of hydrogen-bond acceptors (Lipinski definition) is 16. The fourth-order valence-electron chi connectivity index (χ4n) is 4.98. The van der Waals surface area contributed by atoms with Crippen LogP contribution < -0.4 is 154 Å². The van der Waals surface area contributed by atoms with Crippen LogP contribution in [0.25, 0.3) is 12.2 Å². The molecular weight excluding hydrogens is 1260 g/mol. The van der Waals surface area contributed by atoms with Crippen molar-refractivity contribution in [3.05, 3.63) is 120 Å². The molecule has 0 fully saturated rings. The third-order valence-electron chi connectivity index (χ3n) is 7.79. The van der Waals surface area contributed by atoms with Crippen molar-refractivity contribution in [2.75, 3.05) is 20.0 Å². The topological polar surface area (TPSA) is 278 Å². The molecule has 26 heteroatoms. The van der Waals surface area contributed by atoms with E-state index in [9.17, 15) is 33.2 Å².